The summed E-state index contributed by atoms with van der Waals surface area (Å²) >= 11 is 0. The van der Waals surface area contributed by atoms with Crippen LogP contribution < -0.4 is 15.6 Å². The van der Waals surface area contributed by atoms with Crippen molar-refractivity contribution >= 4 is 22.4 Å². The standard InChI is InChI=1S/C22H24N2O3/c1-4-15-7-6-8-16(5-2)21(15)23-20(25)14-24-12-11-17-13-18(27-3)9-10-19(17)22(24)26/h6-13H,4-5,14H2,1-3H3,(H,23,25). The first-order valence-corrected chi connectivity index (χ1v) is 9.15. The van der Waals surface area contributed by atoms with Crippen LogP contribution in [0.15, 0.2) is 53.5 Å². The molecule has 0 radical (unpaired) electrons. The number of pyridine rings is 1. The number of benzene rings is 2. The molecule has 1 N–H and O–H groups in total. The zero-order chi connectivity index (χ0) is 19.4. The van der Waals surface area contributed by atoms with Gasteiger partial charge < -0.3 is 14.6 Å². The molecule has 0 spiro atoms. The lowest BCUT2D eigenvalue weighted by Crippen LogP contribution is -2.27. The summed E-state index contributed by atoms with van der Waals surface area (Å²) in [5.74, 6) is 0.487. The maximum Gasteiger partial charge on any atom is 0.258 e. The summed E-state index contributed by atoms with van der Waals surface area (Å²) in [5, 5.41) is 4.36. The van der Waals surface area contributed by atoms with Crippen LogP contribution in [0.4, 0.5) is 5.69 Å². The highest BCUT2D eigenvalue weighted by Crippen LogP contribution is 2.23. The molecule has 0 unspecified atom stereocenters. The molecule has 0 atom stereocenters. The van der Waals surface area contributed by atoms with Crippen molar-refractivity contribution in [2.45, 2.75) is 33.2 Å². The van der Waals surface area contributed by atoms with Crippen molar-refractivity contribution in [3.05, 3.63) is 70.1 Å². The van der Waals surface area contributed by atoms with Gasteiger partial charge in [0.15, 0.2) is 0 Å². The monoisotopic (exact) mass is 364 g/mol. The van der Waals surface area contributed by atoms with E-state index >= 15 is 0 Å². The van der Waals surface area contributed by atoms with Crippen LogP contribution in [0.2, 0.25) is 0 Å². The van der Waals surface area contributed by atoms with E-state index in [1.807, 2.05) is 30.3 Å². The van der Waals surface area contributed by atoms with Gasteiger partial charge in [0.2, 0.25) is 5.91 Å². The summed E-state index contributed by atoms with van der Waals surface area (Å²) in [6.45, 7) is 4.10. The predicted octanol–water partition coefficient (Wildman–Crippen LogP) is 3.77. The zero-order valence-electron chi connectivity index (χ0n) is 15.9. The van der Waals surface area contributed by atoms with Crippen molar-refractivity contribution in [2.24, 2.45) is 0 Å². The number of para-hydroxylation sites is 1. The number of anilines is 1. The summed E-state index contributed by atoms with van der Waals surface area (Å²) in [7, 11) is 1.59. The number of aromatic nitrogens is 1. The van der Waals surface area contributed by atoms with Crippen LogP contribution in [0, 0.1) is 0 Å². The third-order valence-corrected chi connectivity index (χ3v) is 4.76. The van der Waals surface area contributed by atoms with Crippen LogP contribution in [0.5, 0.6) is 5.75 Å². The van der Waals surface area contributed by atoms with Gasteiger partial charge in [0, 0.05) is 17.3 Å². The molecule has 1 amide bonds. The number of rotatable bonds is 6. The van der Waals surface area contributed by atoms with Gasteiger partial charge in [-0.1, -0.05) is 32.0 Å². The van der Waals surface area contributed by atoms with Crippen LogP contribution in [0.1, 0.15) is 25.0 Å². The Kier molecular flexibility index (Phi) is 5.60. The highest BCUT2D eigenvalue weighted by atomic mass is 16.5. The fourth-order valence-electron chi connectivity index (χ4n) is 3.25. The Hall–Kier alpha value is -3.08. The molecule has 0 saturated heterocycles. The molecule has 140 valence electrons. The molecule has 5 heteroatoms. The van der Waals surface area contributed by atoms with Crippen molar-refractivity contribution in [1.82, 2.24) is 4.57 Å². The van der Waals surface area contributed by atoms with E-state index in [-0.39, 0.29) is 18.0 Å². The molecule has 0 saturated carbocycles. The predicted molar refractivity (Wildman–Crippen MR) is 109 cm³/mol. The molecular weight excluding hydrogens is 340 g/mol. The molecule has 1 heterocycles. The van der Waals surface area contributed by atoms with Gasteiger partial charge in [0.05, 0.1) is 7.11 Å². The number of nitrogens with one attached hydrogen (secondary N) is 1. The van der Waals surface area contributed by atoms with Crippen molar-refractivity contribution in [1.29, 1.82) is 0 Å². The molecule has 0 fully saturated rings. The Morgan fingerprint density at radius 3 is 2.41 bits per heavy atom. The first-order chi connectivity index (χ1) is 13.1. The number of carbonyl (C=O) groups excluding carboxylic acids is 1. The molecule has 3 aromatic rings. The summed E-state index contributed by atoms with van der Waals surface area (Å²) in [4.78, 5) is 25.3. The van der Waals surface area contributed by atoms with E-state index in [9.17, 15) is 9.59 Å². The quantitative estimate of drug-likeness (QED) is 0.724. The van der Waals surface area contributed by atoms with E-state index in [1.54, 1.807) is 25.4 Å². The van der Waals surface area contributed by atoms with Gasteiger partial charge in [-0.15, -0.1) is 0 Å². The molecule has 3 rings (SSSR count). The molecular formula is C22H24N2O3. The van der Waals surface area contributed by atoms with Gasteiger partial charge in [0.1, 0.15) is 12.3 Å². The topological polar surface area (TPSA) is 60.3 Å². The van der Waals surface area contributed by atoms with Crippen LogP contribution in [0.3, 0.4) is 0 Å². The highest BCUT2D eigenvalue weighted by molar-refractivity contribution is 5.92. The maximum absolute atomic E-state index is 12.7. The Bertz CT molecular complexity index is 1020. The number of fused-ring (bicyclic) bond motifs is 1. The fraction of sp³-hybridized carbons (Fsp3) is 0.273. The van der Waals surface area contributed by atoms with Crippen LogP contribution >= 0.6 is 0 Å². The van der Waals surface area contributed by atoms with E-state index in [0.717, 1.165) is 35.0 Å². The minimum absolute atomic E-state index is 0.0258. The van der Waals surface area contributed by atoms with E-state index in [2.05, 4.69) is 19.2 Å². The number of aryl methyl sites for hydroxylation is 2. The van der Waals surface area contributed by atoms with E-state index in [0.29, 0.717) is 11.1 Å². The number of amides is 1. The molecule has 1 aromatic heterocycles. The van der Waals surface area contributed by atoms with Crippen molar-refractivity contribution in [3.8, 4) is 5.75 Å². The van der Waals surface area contributed by atoms with E-state index in [4.69, 9.17) is 4.74 Å². The molecule has 5 nitrogen and oxygen atoms in total. The number of ether oxygens (including phenoxy) is 1. The SMILES string of the molecule is CCc1cccc(CC)c1NC(=O)Cn1ccc2cc(OC)ccc2c1=O. The fourth-order valence-corrected chi connectivity index (χ4v) is 3.25. The first-order valence-electron chi connectivity index (χ1n) is 9.15. The molecule has 27 heavy (non-hydrogen) atoms. The molecule has 0 bridgehead atoms. The van der Waals surface area contributed by atoms with Crippen LogP contribution in [-0.2, 0) is 24.2 Å². The molecule has 0 aliphatic rings. The third kappa shape index (κ3) is 3.87. The number of nitrogens with zero attached hydrogens (tertiary/aromatic N) is 1. The summed E-state index contributed by atoms with van der Waals surface area (Å²) in [6, 6.07) is 13.2. The number of hydrogen-bond donors (Lipinski definition) is 1. The Morgan fingerprint density at radius 1 is 1.07 bits per heavy atom. The average molecular weight is 364 g/mol. The van der Waals surface area contributed by atoms with Gasteiger partial charge >= 0.3 is 0 Å². The van der Waals surface area contributed by atoms with Gasteiger partial charge in [-0.3, -0.25) is 9.59 Å². The van der Waals surface area contributed by atoms with E-state index in [1.165, 1.54) is 4.57 Å². The molecule has 2 aromatic carbocycles. The van der Waals surface area contributed by atoms with Gasteiger partial charge in [-0.2, -0.15) is 0 Å². The second kappa shape index (κ2) is 8.08. The molecule has 0 aliphatic carbocycles. The lowest BCUT2D eigenvalue weighted by atomic mass is 10.0. The van der Waals surface area contributed by atoms with Crippen LogP contribution in [-0.4, -0.2) is 17.6 Å². The first kappa shape index (κ1) is 18.7. The minimum atomic E-state index is -0.208. The maximum atomic E-state index is 12.7. The normalized spacial score (nSPS) is 10.8. The minimum Gasteiger partial charge on any atom is -0.497 e. The van der Waals surface area contributed by atoms with Crippen molar-refractivity contribution in [2.75, 3.05) is 12.4 Å². The highest BCUT2D eigenvalue weighted by Gasteiger charge is 2.12. The third-order valence-electron chi connectivity index (χ3n) is 4.76. The lowest BCUT2D eigenvalue weighted by Gasteiger charge is -2.15. The number of hydrogen-bond acceptors (Lipinski definition) is 3. The Labute approximate surface area is 158 Å². The summed E-state index contributed by atoms with van der Waals surface area (Å²) < 4.78 is 6.63. The zero-order valence-corrected chi connectivity index (χ0v) is 15.9. The number of carbonyl (C=O) groups is 1. The number of methoxy groups -OCH3 is 1. The largest absolute Gasteiger partial charge is 0.497 e. The Balaban J connectivity index is 1.87. The van der Waals surface area contributed by atoms with Crippen molar-refractivity contribution in [3.63, 3.8) is 0 Å². The molecule has 0 aliphatic heterocycles. The van der Waals surface area contributed by atoms with Gasteiger partial charge in [-0.25, -0.2) is 0 Å². The van der Waals surface area contributed by atoms with Gasteiger partial charge in [0.25, 0.3) is 5.56 Å². The second-order valence-corrected chi connectivity index (χ2v) is 6.41. The average Bonchev–Trinajstić information content (AvgIpc) is 2.69. The Morgan fingerprint density at radius 2 is 1.78 bits per heavy atom. The second-order valence-electron chi connectivity index (χ2n) is 6.41. The lowest BCUT2D eigenvalue weighted by molar-refractivity contribution is -0.116. The summed E-state index contributed by atoms with van der Waals surface area (Å²) in [6.07, 6.45) is 3.32. The van der Waals surface area contributed by atoms with E-state index < -0.39 is 0 Å². The van der Waals surface area contributed by atoms with Crippen molar-refractivity contribution < 1.29 is 9.53 Å². The van der Waals surface area contributed by atoms with Crippen LogP contribution in [0.25, 0.3) is 10.8 Å². The summed E-state index contributed by atoms with van der Waals surface area (Å²) in [5.41, 5.74) is 2.87. The van der Waals surface area contributed by atoms with Gasteiger partial charge in [-0.05, 0) is 53.6 Å². The smallest absolute Gasteiger partial charge is 0.258 e.